The van der Waals surface area contributed by atoms with Crippen molar-refractivity contribution in [1.82, 2.24) is 9.97 Å². The van der Waals surface area contributed by atoms with Crippen LogP contribution in [0.2, 0.25) is 0 Å². The van der Waals surface area contributed by atoms with E-state index in [1.165, 1.54) is 11.1 Å². The average Bonchev–Trinajstić information content (AvgIpc) is 2.37. The van der Waals surface area contributed by atoms with Crippen molar-refractivity contribution in [2.45, 2.75) is 13.8 Å². The maximum absolute atomic E-state index is 8.25. The molecule has 0 aromatic carbocycles. The molecule has 0 bridgehead atoms. The molecule has 0 radical (unpaired) electrons. The molecule has 0 unspecified atom stereocenters. The molecule has 2 heterocycles. The van der Waals surface area contributed by atoms with Crippen LogP contribution in [0.15, 0.2) is 36.7 Å². The van der Waals surface area contributed by atoms with Gasteiger partial charge in [-0.05, 0) is 49.2 Å². The standard InChI is InChI=1S/C12H12N2.2NO3.Pd/c1-9-3-5-13-11(7-9)12-8-10(2)4-6-14-12;2*2-1(3)4;/h3-8H,1-2H3;;;/q;2*-1;+2. The predicted octanol–water partition coefficient (Wildman–Crippen LogP) is 2.28. The first-order valence-corrected chi connectivity index (χ1v) is 5.71. The second kappa shape index (κ2) is 12.0. The third-order valence-electron chi connectivity index (χ3n) is 2.09. The smallest absolute Gasteiger partial charge is 0.356 e. The molecule has 2 rings (SSSR count). The summed E-state index contributed by atoms with van der Waals surface area (Å²) in [5.74, 6) is 0. The van der Waals surface area contributed by atoms with Crippen LogP contribution in [0.4, 0.5) is 0 Å². The third-order valence-corrected chi connectivity index (χ3v) is 2.09. The van der Waals surface area contributed by atoms with Crippen LogP contribution in [0, 0.1) is 44.5 Å². The summed E-state index contributed by atoms with van der Waals surface area (Å²) >= 11 is 0. The Balaban J connectivity index is 0. The maximum Gasteiger partial charge on any atom is 2.00 e. The molecular weight excluding hydrogens is 403 g/mol. The molecule has 0 N–H and O–H groups in total. The second-order valence-electron chi connectivity index (χ2n) is 3.88. The zero-order chi connectivity index (χ0) is 17.1. The van der Waals surface area contributed by atoms with Crippen LogP contribution in [0.1, 0.15) is 11.1 Å². The molecule has 2 aromatic heterocycles. The van der Waals surface area contributed by atoms with E-state index < -0.39 is 10.2 Å². The fraction of sp³-hybridized carbons (Fsp3) is 0.167. The van der Waals surface area contributed by atoms with Gasteiger partial charge in [-0.2, -0.15) is 0 Å². The first-order valence-electron chi connectivity index (χ1n) is 5.71. The second-order valence-corrected chi connectivity index (χ2v) is 3.88. The Labute approximate surface area is 144 Å². The largest absolute Gasteiger partial charge is 2.00 e. The zero-order valence-electron chi connectivity index (χ0n) is 12.0. The minimum Gasteiger partial charge on any atom is -0.356 e. The van der Waals surface area contributed by atoms with E-state index in [0.29, 0.717) is 0 Å². The molecule has 2 aromatic rings. The summed E-state index contributed by atoms with van der Waals surface area (Å²) in [5, 5.41) is 29.5. The Morgan fingerprint density at radius 1 is 0.783 bits per heavy atom. The normalized spacial score (nSPS) is 8.26. The molecule has 11 heteroatoms. The Kier molecular flexibility index (Phi) is 11.8. The topological polar surface area (TPSA) is 158 Å². The number of rotatable bonds is 1. The predicted molar refractivity (Wildman–Crippen MR) is 77.7 cm³/mol. The summed E-state index contributed by atoms with van der Waals surface area (Å²) in [4.78, 5) is 25.1. The van der Waals surface area contributed by atoms with Crippen LogP contribution >= 0.6 is 0 Å². The molecule has 126 valence electrons. The van der Waals surface area contributed by atoms with Crippen molar-refractivity contribution in [1.29, 1.82) is 0 Å². The van der Waals surface area contributed by atoms with Crippen LogP contribution in [-0.4, -0.2) is 20.1 Å². The quantitative estimate of drug-likeness (QED) is 0.390. The molecule has 23 heavy (non-hydrogen) atoms. The number of hydrogen-bond acceptors (Lipinski definition) is 8. The fourth-order valence-electron chi connectivity index (χ4n) is 1.35. The SMILES string of the molecule is Cc1ccnc(-c2cc(C)ccn2)c1.O=[N+]([O-])[O-].O=[N+]([O-])[O-].[Pd+2]. The minimum atomic E-state index is -1.75. The van der Waals surface area contributed by atoms with Gasteiger partial charge in [-0.25, -0.2) is 0 Å². The Morgan fingerprint density at radius 2 is 1.04 bits per heavy atom. The van der Waals surface area contributed by atoms with E-state index in [0.717, 1.165) is 11.4 Å². The van der Waals surface area contributed by atoms with E-state index in [1.807, 2.05) is 36.7 Å². The Bertz CT molecular complexity index is 577. The summed E-state index contributed by atoms with van der Waals surface area (Å²) in [5.41, 5.74) is 4.29. The van der Waals surface area contributed by atoms with Crippen molar-refractivity contribution in [2.75, 3.05) is 0 Å². The summed E-state index contributed by atoms with van der Waals surface area (Å²) in [6, 6.07) is 8.06. The molecule has 0 aliphatic rings. The molecule has 0 saturated carbocycles. The molecule has 10 nitrogen and oxygen atoms in total. The van der Waals surface area contributed by atoms with E-state index in [-0.39, 0.29) is 20.4 Å². The molecule has 0 spiro atoms. The van der Waals surface area contributed by atoms with Gasteiger partial charge in [0.2, 0.25) is 0 Å². The van der Waals surface area contributed by atoms with Crippen LogP contribution in [0.5, 0.6) is 0 Å². The number of aryl methyl sites for hydroxylation is 2. The molecule has 0 saturated heterocycles. The first kappa shape index (κ1) is 22.6. The molecule has 0 atom stereocenters. The zero-order valence-corrected chi connectivity index (χ0v) is 13.6. The van der Waals surface area contributed by atoms with Crippen molar-refractivity contribution in [3.8, 4) is 11.4 Å². The van der Waals surface area contributed by atoms with Crippen molar-refractivity contribution >= 4 is 0 Å². The fourth-order valence-corrected chi connectivity index (χ4v) is 1.35. The number of hydrogen-bond donors (Lipinski definition) is 0. The maximum atomic E-state index is 8.25. The summed E-state index contributed by atoms with van der Waals surface area (Å²) < 4.78 is 0. The van der Waals surface area contributed by atoms with Gasteiger partial charge in [-0.3, -0.25) is 9.97 Å². The van der Waals surface area contributed by atoms with Crippen molar-refractivity contribution in [3.63, 3.8) is 0 Å². The van der Waals surface area contributed by atoms with E-state index in [1.54, 1.807) is 0 Å². The Hall–Kier alpha value is -2.64. The average molecular weight is 415 g/mol. The van der Waals surface area contributed by atoms with Crippen LogP contribution < -0.4 is 0 Å². The number of nitrogens with zero attached hydrogens (tertiary/aromatic N) is 4. The van der Waals surface area contributed by atoms with E-state index in [9.17, 15) is 0 Å². The van der Waals surface area contributed by atoms with Gasteiger partial charge in [-0.15, -0.1) is 0 Å². The van der Waals surface area contributed by atoms with Gasteiger partial charge in [0.15, 0.2) is 0 Å². The van der Waals surface area contributed by atoms with Gasteiger partial charge in [0.1, 0.15) is 0 Å². The molecular formula is C12H12N4O6Pd. The third kappa shape index (κ3) is 12.8. The number of pyridine rings is 2. The first-order chi connectivity index (χ1) is 10.2. The molecule has 0 aliphatic heterocycles. The van der Waals surface area contributed by atoms with Crippen molar-refractivity contribution in [3.05, 3.63) is 78.4 Å². The van der Waals surface area contributed by atoms with Crippen LogP contribution in [-0.2, 0) is 20.4 Å². The van der Waals surface area contributed by atoms with Crippen LogP contribution in [0.25, 0.3) is 11.4 Å². The van der Waals surface area contributed by atoms with E-state index in [4.69, 9.17) is 30.6 Å². The van der Waals surface area contributed by atoms with E-state index >= 15 is 0 Å². The number of aromatic nitrogens is 2. The van der Waals surface area contributed by atoms with Gasteiger partial charge in [-0.1, -0.05) is 0 Å². The summed E-state index contributed by atoms with van der Waals surface area (Å²) in [6.07, 6.45) is 3.63. The van der Waals surface area contributed by atoms with Gasteiger partial charge in [0, 0.05) is 12.4 Å². The van der Waals surface area contributed by atoms with Gasteiger partial charge in [0.05, 0.1) is 21.6 Å². The summed E-state index contributed by atoms with van der Waals surface area (Å²) in [7, 11) is 0. The van der Waals surface area contributed by atoms with Gasteiger partial charge < -0.3 is 30.6 Å². The summed E-state index contributed by atoms with van der Waals surface area (Å²) in [6.45, 7) is 4.11. The van der Waals surface area contributed by atoms with E-state index in [2.05, 4.69) is 23.8 Å². The molecule has 0 fully saturated rings. The van der Waals surface area contributed by atoms with Crippen LogP contribution in [0.3, 0.4) is 0 Å². The van der Waals surface area contributed by atoms with Gasteiger partial charge >= 0.3 is 20.4 Å². The van der Waals surface area contributed by atoms with Crippen molar-refractivity contribution < 1.29 is 30.6 Å². The Morgan fingerprint density at radius 3 is 1.26 bits per heavy atom. The monoisotopic (exact) mass is 414 g/mol. The van der Waals surface area contributed by atoms with Gasteiger partial charge in [0.25, 0.3) is 0 Å². The minimum absolute atomic E-state index is 0. The molecule has 0 amide bonds. The van der Waals surface area contributed by atoms with Crippen molar-refractivity contribution in [2.24, 2.45) is 0 Å². The molecule has 0 aliphatic carbocycles.